The van der Waals surface area contributed by atoms with Gasteiger partial charge in [-0.2, -0.15) is 0 Å². The molecule has 2 N–H and O–H groups in total. The molecule has 0 radical (unpaired) electrons. The highest BCUT2D eigenvalue weighted by atomic mass is 16.7. The van der Waals surface area contributed by atoms with E-state index < -0.39 is 42.1 Å². The molecular weight excluding hydrogens is 488 g/mol. The number of carbonyl (C=O) groups is 1. The average molecular weight is 535 g/mol. The second-order valence-electron chi connectivity index (χ2n) is 10.6. The molecular formula is C30H46O8. The van der Waals surface area contributed by atoms with Crippen molar-refractivity contribution in [2.75, 3.05) is 20.8 Å². The summed E-state index contributed by atoms with van der Waals surface area (Å²) in [5.41, 5.74) is 0.883. The quantitative estimate of drug-likeness (QED) is 0.428. The Hall–Kier alpha value is -1.81. The van der Waals surface area contributed by atoms with Gasteiger partial charge in [0.2, 0.25) is 5.79 Å². The van der Waals surface area contributed by atoms with Gasteiger partial charge in [0.05, 0.1) is 18.3 Å². The minimum Gasteiger partial charge on any atom is -0.457 e. The molecule has 0 unspecified atom stereocenters. The van der Waals surface area contributed by atoms with Crippen molar-refractivity contribution in [2.24, 2.45) is 17.8 Å². The summed E-state index contributed by atoms with van der Waals surface area (Å²) >= 11 is 0. The van der Waals surface area contributed by atoms with Crippen molar-refractivity contribution in [3.05, 3.63) is 48.0 Å². The number of esters is 1. The van der Waals surface area contributed by atoms with Gasteiger partial charge in [-0.3, -0.25) is 4.79 Å². The SMILES string of the molecule is CCO[C@H]1CCCC[C@@H](c2ccccc2)OC(=O)[C@@H](C)[C@@]2(O)O[C@H]([C@@H](C)[C@H](O)[C@H]2OC)[C@@H](C)/C=C/[C@H]1OC. The van der Waals surface area contributed by atoms with Crippen LogP contribution < -0.4 is 0 Å². The molecule has 0 amide bonds. The van der Waals surface area contributed by atoms with E-state index in [1.807, 2.05) is 63.3 Å². The van der Waals surface area contributed by atoms with E-state index in [1.165, 1.54) is 7.11 Å². The summed E-state index contributed by atoms with van der Waals surface area (Å²) in [6.45, 7) is 7.91. The second kappa shape index (κ2) is 14.0. The fourth-order valence-electron chi connectivity index (χ4n) is 5.70. The number of fused-ring (bicyclic) bond motifs is 2. The molecule has 3 rings (SSSR count). The Morgan fingerprint density at radius 1 is 1.03 bits per heavy atom. The third-order valence-corrected chi connectivity index (χ3v) is 8.10. The number of rotatable bonds is 5. The molecule has 38 heavy (non-hydrogen) atoms. The van der Waals surface area contributed by atoms with Crippen LogP contribution in [0.2, 0.25) is 0 Å². The maximum absolute atomic E-state index is 13.5. The molecule has 8 nitrogen and oxygen atoms in total. The molecule has 2 heterocycles. The van der Waals surface area contributed by atoms with E-state index in [-0.39, 0.29) is 24.0 Å². The second-order valence-corrected chi connectivity index (χ2v) is 10.6. The lowest BCUT2D eigenvalue weighted by Gasteiger charge is -2.51. The van der Waals surface area contributed by atoms with Gasteiger partial charge in [0.15, 0.2) is 0 Å². The summed E-state index contributed by atoms with van der Waals surface area (Å²) in [6.07, 6.45) is 3.36. The summed E-state index contributed by atoms with van der Waals surface area (Å²) in [5, 5.41) is 23.0. The van der Waals surface area contributed by atoms with E-state index in [0.717, 1.165) is 24.8 Å². The van der Waals surface area contributed by atoms with Crippen LogP contribution in [0.3, 0.4) is 0 Å². The predicted octanol–water partition coefficient (Wildman–Crippen LogP) is 4.19. The van der Waals surface area contributed by atoms with Gasteiger partial charge in [-0.15, -0.1) is 0 Å². The molecule has 2 bridgehead atoms. The van der Waals surface area contributed by atoms with E-state index in [9.17, 15) is 15.0 Å². The molecule has 1 aromatic carbocycles. The van der Waals surface area contributed by atoms with Crippen molar-refractivity contribution in [1.82, 2.24) is 0 Å². The van der Waals surface area contributed by atoms with Gasteiger partial charge in [0, 0.05) is 32.7 Å². The Balaban J connectivity index is 2.01. The highest BCUT2D eigenvalue weighted by Crippen LogP contribution is 2.42. The Bertz CT molecular complexity index is 891. The van der Waals surface area contributed by atoms with Crippen molar-refractivity contribution < 1.29 is 38.7 Å². The number of benzene rings is 1. The fraction of sp³-hybridized carbons (Fsp3) is 0.700. The van der Waals surface area contributed by atoms with E-state index >= 15 is 0 Å². The van der Waals surface area contributed by atoms with Gasteiger partial charge in [0.1, 0.15) is 24.2 Å². The molecule has 1 fully saturated rings. The molecule has 10 atom stereocenters. The first-order chi connectivity index (χ1) is 18.2. The highest BCUT2D eigenvalue weighted by Gasteiger charge is 2.58. The highest BCUT2D eigenvalue weighted by molar-refractivity contribution is 5.73. The van der Waals surface area contributed by atoms with E-state index in [0.29, 0.717) is 13.0 Å². The predicted molar refractivity (Wildman–Crippen MR) is 143 cm³/mol. The average Bonchev–Trinajstić information content (AvgIpc) is 2.92. The van der Waals surface area contributed by atoms with Crippen molar-refractivity contribution in [3.63, 3.8) is 0 Å². The van der Waals surface area contributed by atoms with Gasteiger partial charge in [-0.05, 0) is 38.7 Å². The normalized spacial score (nSPS) is 40.3. The Morgan fingerprint density at radius 3 is 2.34 bits per heavy atom. The fourth-order valence-corrected chi connectivity index (χ4v) is 5.70. The minimum absolute atomic E-state index is 0.135. The molecule has 2 aliphatic heterocycles. The van der Waals surface area contributed by atoms with E-state index in [2.05, 4.69) is 0 Å². The summed E-state index contributed by atoms with van der Waals surface area (Å²) in [6, 6.07) is 9.61. The standard InChI is InChI=1S/C30H46O8/c1-7-36-25-16-12-11-15-23(22-13-9-8-10-14-22)37-29(32)21(4)30(33)28(35-6)26(31)20(3)27(38-30)19(2)17-18-24(25)34-5/h8-10,13-14,17-21,23-28,31,33H,7,11-12,15-16H2,1-6H3/b18-17+/t19-,20-,21+,23-,24+,25-,26-,27-,28+,30+/m0/s1. The Labute approximate surface area is 227 Å². The largest absolute Gasteiger partial charge is 0.457 e. The topological polar surface area (TPSA) is 104 Å². The van der Waals surface area contributed by atoms with E-state index in [4.69, 9.17) is 23.7 Å². The van der Waals surface area contributed by atoms with Crippen molar-refractivity contribution in [3.8, 4) is 0 Å². The smallest absolute Gasteiger partial charge is 0.314 e. The molecule has 0 aromatic heterocycles. The van der Waals surface area contributed by atoms with Crippen molar-refractivity contribution in [2.45, 2.75) is 95.8 Å². The number of aliphatic hydroxyl groups excluding tert-OH is 1. The van der Waals surface area contributed by atoms with Crippen LogP contribution in [-0.4, -0.2) is 73.3 Å². The maximum atomic E-state index is 13.5. The number of hydrogen-bond acceptors (Lipinski definition) is 8. The zero-order valence-corrected chi connectivity index (χ0v) is 23.6. The number of ether oxygens (including phenoxy) is 5. The lowest BCUT2D eigenvalue weighted by Crippen LogP contribution is -2.66. The van der Waals surface area contributed by atoms with Gasteiger partial charge in [0.25, 0.3) is 0 Å². The monoisotopic (exact) mass is 534 g/mol. The van der Waals surface area contributed by atoms with Crippen LogP contribution in [0.5, 0.6) is 0 Å². The zero-order valence-electron chi connectivity index (χ0n) is 23.6. The van der Waals surface area contributed by atoms with Crippen LogP contribution in [0.15, 0.2) is 42.5 Å². The first-order valence-electron chi connectivity index (χ1n) is 13.9. The van der Waals surface area contributed by atoms with Gasteiger partial charge < -0.3 is 33.9 Å². The summed E-state index contributed by atoms with van der Waals surface area (Å²) in [4.78, 5) is 13.5. The van der Waals surface area contributed by atoms with Crippen LogP contribution in [0.25, 0.3) is 0 Å². The summed E-state index contributed by atoms with van der Waals surface area (Å²) in [5.74, 6) is -4.38. The molecule has 0 spiro atoms. The zero-order chi connectivity index (χ0) is 27.9. The van der Waals surface area contributed by atoms with Crippen LogP contribution in [-0.2, 0) is 28.5 Å². The number of cyclic esters (lactones) is 1. The molecule has 214 valence electrons. The van der Waals surface area contributed by atoms with Crippen LogP contribution in [0.4, 0.5) is 0 Å². The van der Waals surface area contributed by atoms with Gasteiger partial charge in [-0.25, -0.2) is 0 Å². The van der Waals surface area contributed by atoms with E-state index in [1.54, 1.807) is 14.0 Å². The number of hydrogen-bond donors (Lipinski definition) is 2. The number of aliphatic hydroxyl groups is 2. The first-order valence-corrected chi connectivity index (χ1v) is 13.9. The minimum atomic E-state index is -2.09. The third kappa shape index (κ3) is 6.84. The molecule has 1 aromatic rings. The van der Waals surface area contributed by atoms with Crippen LogP contribution in [0, 0.1) is 17.8 Å². The van der Waals surface area contributed by atoms with Gasteiger partial charge >= 0.3 is 5.97 Å². The van der Waals surface area contributed by atoms with Crippen molar-refractivity contribution in [1.29, 1.82) is 0 Å². The lowest BCUT2D eigenvalue weighted by atomic mass is 9.78. The lowest BCUT2D eigenvalue weighted by molar-refractivity contribution is -0.360. The molecule has 0 aliphatic carbocycles. The molecule has 8 heteroatoms. The maximum Gasteiger partial charge on any atom is 0.314 e. The molecule has 1 saturated heterocycles. The van der Waals surface area contributed by atoms with Crippen LogP contribution in [0.1, 0.15) is 65.0 Å². The number of methoxy groups -OCH3 is 2. The summed E-state index contributed by atoms with van der Waals surface area (Å²) in [7, 11) is 3.06. The Kier molecular flexibility index (Phi) is 11.3. The summed E-state index contributed by atoms with van der Waals surface area (Å²) < 4.78 is 29.7. The number of carbonyl (C=O) groups excluding carboxylic acids is 1. The molecule has 2 aliphatic rings. The Morgan fingerprint density at radius 2 is 1.71 bits per heavy atom. The van der Waals surface area contributed by atoms with Crippen molar-refractivity contribution >= 4 is 5.97 Å². The third-order valence-electron chi connectivity index (χ3n) is 8.10. The first kappa shape index (κ1) is 30.7. The molecule has 0 saturated carbocycles. The van der Waals surface area contributed by atoms with Gasteiger partial charge in [-0.1, -0.05) is 62.8 Å². The van der Waals surface area contributed by atoms with Crippen LogP contribution >= 0.6 is 0 Å².